The van der Waals surface area contributed by atoms with Crippen molar-refractivity contribution in [2.24, 2.45) is 0 Å². The Morgan fingerprint density at radius 3 is 1.74 bits per heavy atom. The number of halogens is 3. The molecule has 0 spiro atoms. The fraction of sp³-hybridized carbons (Fsp3) is 0.286. The van der Waals surface area contributed by atoms with Gasteiger partial charge in [-0.05, 0) is 0 Å². The lowest BCUT2D eigenvalue weighted by Gasteiger charge is -2.15. The maximum Gasteiger partial charge on any atom is 0.366 e. The summed E-state index contributed by atoms with van der Waals surface area (Å²) in [5, 5.41) is 0.402. The molecule has 12 heteroatoms. The van der Waals surface area contributed by atoms with E-state index < -0.39 is 33.7 Å². The van der Waals surface area contributed by atoms with Crippen LogP contribution < -0.4 is 22.1 Å². The van der Waals surface area contributed by atoms with Gasteiger partial charge in [-0.1, -0.05) is 15.9 Å². The number of carbonyl (C=O) groups is 2. The van der Waals surface area contributed by atoms with Crippen LogP contribution in [0.25, 0.3) is 0 Å². The van der Waals surface area contributed by atoms with Crippen LogP contribution in [-0.2, 0) is 9.59 Å². The Labute approximate surface area is 129 Å². The van der Waals surface area contributed by atoms with Crippen molar-refractivity contribution in [3.63, 3.8) is 0 Å². The topological polar surface area (TPSA) is 103 Å². The summed E-state index contributed by atoms with van der Waals surface area (Å²) in [6, 6.07) is 0. The highest BCUT2D eigenvalue weighted by molar-refractivity contribution is 9.10. The van der Waals surface area contributed by atoms with Crippen LogP contribution >= 0.6 is 48.2 Å². The molecule has 1 aromatic heterocycles. The molecular formula is C7H3Br3N4O5. The number of aromatic nitrogens is 3. The zero-order valence-electron chi connectivity index (χ0n) is 8.75. The molecule has 1 unspecified atom stereocenters. The minimum absolute atomic E-state index is 0.186. The van der Waals surface area contributed by atoms with Gasteiger partial charge in [0.25, 0.3) is 11.8 Å². The van der Waals surface area contributed by atoms with Crippen LogP contribution in [0.4, 0.5) is 0 Å². The average molecular weight is 463 g/mol. The van der Waals surface area contributed by atoms with E-state index in [1.807, 2.05) is 0 Å². The van der Waals surface area contributed by atoms with E-state index >= 15 is 0 Å². The van der Waals surface area contributed by atoms with Crippen molar-refractivity contribution in [3.05, 3.63) is 31.5 Å². The van der Waals surface area contributed by atoms with E-state index in [-0.39, 0.29) is 11.1 Å². The van der Waals surface area contributed by atoms with E-state index in [1.54, 1.807) is 0 Å². The van der Waals surface area contributed by atoms with Crippen LogP contribution in [0.15, 0.2) is 14.4 Å². The highest BCUT2D eigenvalue weighted by Gasteiger charge is 2.40. The van der Waals surface area contributed by atoms with E-state index in [4.69, 9.17) is 0 Å². The number of hydrogen-bond donors (Lipinski definition) is 0. The first-order chi connectivity index (χ1) is 8.77. The fourth-order valence-electron chi connectivity index (χ4n) is 1.45. The molecule has 19 heavy (non-hydrogen) atoms. The summed E-state index contributed by atoms with van der Waals surface area (Å²) in [6.45, 7) is 0. The number of imide groups is 1. The van der Waals surface area contributed by atoms with Crippen molar-refractivity contribution in [1.82, 2.24) is 11.9 Å². The second-order valence-corrected chi connectivity index (χ2v) is 5.96. The van der Waals surface area contributed by atoms with Gasteiger partial charge in [-0.3, -0.25) is 9.59 Å². The van der Waals surface area contributed by atoms with E-state index in [1.165, 1.54) is 0 Å². The third-order valence-corrected chi connectivity index (χ3v) is 4.23. The Hall–Kier alpha value is -1.01. The van der Waals surface area contributed by atoms with E-state index in [0.717, 1.165) is 0 Å². The Balaban J connectivity index is 2.82. The minimum atomic E-state index is -1.16. The molecule has 0 saturated carbocycles. The number of hydrogen-bond acceptors (Lipinski definition) is 5. The fourth-order valence-corrected chi connectivity index (χ4v) is 2.75. The van der Waals surface area contributed by atoms with Gasteiger partial charge in [-0.15, -0.1) is 4.68 Å². The SMILES string of the molecule is O=C1CC(Br)C(=O)N1n1c(=O)n(Br)c(=O)n(Br)c1=O. The van der Waals surface area contributed by atoms with E-state index in [9.17, 15) is 24.0 Å². The highest BCUT2D eigenvalue weighted by Crippen LogP contribution is 2.17. The van der Waals surface area contributed by atoms with Gasteiger partial charge in [0, 0.05) is 0 Å². The standard InChI is InChI=1S/C7H3Br3N4O5/c8-2-1-3(15)13(4(2)16)14-6(18)11(9)5(17)12(10)7(14)19/h2H,1H2. The molecule has 0 bridgehead atoms. The second-order valence-electron chi connectivity index (χ2n) is 3.44. The average Bonchev–Trinajstić information content (AvgIpc) is 2.61. The molecule has 0 aliphatic carbocycles. The molecule has 0 N–H and O–H groups in total. The van der Waals surface area contributed by atoms with Crippen molar-refractivity contribution in [1.29, 1.82) is 0 Å². The lowest BCUT2D eigenvalue weighted by atomic mass is 10.4. The van der Waals surface area contributed by atoms with Gasteiger partial charge in [0.1, 0.15) is 4.83 Å². The lowest BCUT2D eigenvalue weighted by molar-refractivity contribution is -0.123. The third-order valence-electron chi connectivity index (χ3n) is 2.30. The first kappa shape index (κ1) is 14.4. The molecule has 9 nitrogen and oxygen atoms in total. The third kappa shape index (κ3) is 2.07. The molecular weight excluding hydrogens is 460 g/mol. The molecule has 1 aliphatic heterocycles. The van der Waals surface area contributed by atoms with Crippen LogP contribution in [-0.4, -0.2) is 28.5 Å². The van der Waals surface area contributed by atoms with E-state index in [0.29, 0.717) is 12.2 Å². The molecule has 1 saturated heterocycles. The van der Waals surface area contributed by atoms with Crippen LogP contribution in [0, 0.1) is 0 Å². The Bertz CT molecular complexity index is 721. The molecule has 1 aliphatic rings. The summed E-state index contributed by atoms with van der Waals surface area (Å²) >= 11 is 8.23. The van der Waals surface area contributed by atoms with Crippen LogP contribution in [0.1, 0.15) is 6.42 Å². The quantitative estimate of drug-likeness (QED) is 0.379. The van der Waals surface area contributed by atoms with Gasteiger partial charge in [0.15, 0.2) is 0 Å². The van der Waals surface area contributed by atoms with Crippen molar-refractivity contribution in [3.8, 4) is 0 Å². The molecule has 0 aromatic carbocycles. The Kier molecular flexibility index (Phi) is 3.66. The summed E-state index contributed by atoms with van der Waals surface area (Å²) in [4.78, 5) is 57.7. The maximum absolute atomic E-state index is 11.8. The summed E-state index contributed by atoms with van der Waals surface area (Å²) in [6.07, 6.45) is -0.186. The first-order valence-corrected chi connectivity index (χ1v) is 6.95. The van der Waals surface area contributed by atoms with Gasteiger partial charge in [0.05, 0.1) is 38.7 Å². The predicted molar refractivity (Wildman–Crippen MR) is 73.4 cm³/mol. The molecule has 1 fully saturated rings. The van der Waals surface area contributed by atoms with Gasteiger partial charge < -0.3 is 0 Å². The molecule has 0 radical (unpaired) electrons. The molecule has 102 valence electrons. The summed E-state index contributed by atoms with van der Waals surface area (Å²) < 4.78 is 1.09. The number of nitrogens with zero attached hydrogens (tertiary/aromatic N) is 4. The summed E-state index contributed by atoms with van der Waals surface area (Å²) in [5.74, 6) is -1.49. The summed E-state index contributed by atoms with van der Waals surface area (Å²) in [7, 11) is 0. The Morgan fingerprint density at radius 1 is 0.895 bits per heavy atom. The van der Waals surface area contributed by atoms with E-state index in [2.05, 4.69) is 48.2 Å². The molecule has 1 aromatic rings. The normalized spacial score (nSPS) is 19.3. The van der Waals surface area contributed by atoms with Crippen LogP contribution in [0.5, 0.6) is 0 Å². The zero-order chi connectivity index (χ0) is 14.5. The predicted octanol–water partition coefficient (Wildman–Crippen LogP) is -1.35. The van der Waals surface area contributed by atoms with Crippen LogP contribution in [0.3, 0.4) is 0 Å². The van der Waals surface area contributed by atoms with Crippen molar-refractivity contribution in [2.45, 2.75) is 11.2 Å². The largest absolute Gasteiger partial charge is 0.366 e. The maximum atomic E-state index is 11.8. The number of rotatable bonds is 1. The molecule has 1 atom stereocenters. The molecule has 2 heterocycles. The molecule has 2 rings (SSSR count). The first-order valence-electron chi connectivity index (χ1n) is 4.62. The zero-order valence-corrected chi connectivity index (χ0v) is 13.5. The monoisotopic (exact) mass is 460 g/mol. The second kappa shape index (κ2) is 4.83. The lowest BCUT2D eigenvalue weighted by Crippen LogP contribution is -2.59. The van der Waals surface area contributed by atoms with Crippen LogP contribution in [0.2, 0.25) is 0 Å². The smallest absolute Gasteiger partial charge is 0.272 e. The summed E-state index contributed by atoms with van der Waals surface area (Å²) in [5.41, 5.74) is -3.32. The molecule has 2 amide bonds. The Morgan fingerprint density at radius 2 is 1.37 bits per heavy atom. The van der Waals surface area contributed by atoms with Gasteiger partial charge >= 0.3 is 17.1 Å². The van der Waals surface area contributed by atoms with Crippen molar-refractivity contribution < 1.29 is 9.59 Å². The number of amides is 2. The van der Waals surface area contributed by atoms with Crippen molar-refractivity contribution in [2.75, 3.05) is 5.01 Å². The van der Waals surface area contributed by atoms with Gasteiger partial charge in [-0.25, -0.2) is 14.4 Å². The minimum Gasteiger partial charge on any atom is -0.272 e. The number of carbonyl (C=O) groups excluding carboxylic acids is 2. The van der Waals surface area contributed by atoms with Crippen molar-refractivity contribution >= 4 is 60.0 Å². The number of alkyl halides is 1. The van der Waals surface area contributed by atoms with Gasteiger partial charge in [0.2, 0.25) is 0 Å². The van der Waals surface area contributed by atoms with Gasteiger partial charge in [-0.2, -0.15) is 12.2 Å². The highest BCUT2D eigenvalue weighted by atomic mass is 79.9.